The van der Waals surface area contributed by atoms with Crippen molar-refractivity contribution in [1.82, 2.24) is 0 Å². The van der Waals surface area contributed by atoms with Crippen LogP contribution in [0, 0.1) is 6.92 Å². The third-order valence-corrected chi connectivity index (χ3v) is 7.15. The highest BCUT2D eigenvalue weighted by atomic mass is 32.2. The molecule has 0 aromatic heterocycles. The Morgan fingerprint density at radius 1 is 0.879 bits per heavy atom. The summed E-state index contributed by atoms with van der Waals surface area (Å²) in [6.45, 7) is 5.02. The molecule has 2 amide bonds. The van der Waals surface area contributed by atoms with Gasteiger partial charge in [0.25, 0.3) is 10.0 Å². The molecule has 0 radical (unpaired) electrons. The van der Waals surface area contributed by atoms with Crippen LogP contribution in [0.25, 0.3) is 0 Å². The van der Waals surface area contributed by atoms with Crippen LogP contribution in [0.3, 0.4) is 0 Å². The first-order chi connectivity index (χ1) is 15.6. The molecule has 1 atom stereocenters. The van der Waals surface area contributed by atoms with E-state index in [2.05, 4.69) is 15.4 Å². The molecule has 0 saturated carbocycles. The quantitative estimate of drug-likeness (QED) is 0.397. The van der Waals surface area contributed by atoms with Gasteiger partial charge in [0.05, 0.1) is 15.8 Å². The van der Waals surface area contributed by atoms with E-state index in [9.17, 15) is 18.0 Å². The average Bonchev–Trinajstić information content (AvgIpc) is 2.77. The van der Waals surface area contributed by atoms with Crippen molar-refractivity contribution < 1.29 is 18.0 Å². The van der Waals surface area contributed by atoms with Gasteiger partial charge < -0.3 is 10.6 Å². The number of thioether (sulfide) groups is 1. The zero-order valence-corrected chi connectivity index (χ0v) is 20.1. The van der Waals surface area contributed by atoms with E-state index in [0.29, 0.717) is 17.1 Å². The normalized spacial score (nSPS) is 12.0. The average molecular weight is 484 g/mol. The van der Waals surface area contributed by atoms with Gasteiger partial charge in [0, 0.05) is 23.2 Å². The molecule has 9 heteroatoms. The second kappa shape index (κ2) is 10.5. The van der Waals surface area contributed by atoms with Crippen molar-refractivity contribution in [2.75, 3.05) is 15.4 Å². The van der Waals surface area contributed by atoms with Gasteiger partial charge >= 0.3 is 0 Å². The van der Waals surface area contributed by atoms with E-state index in [1.165, 1.54) is 30.8 Å². The van der Waals surface area contributed by atoms with E-state index in [1.54, 1.807) is 62.4 Å². The molecule has 0 aliphatic heterocycles. The van der Waals surface area contributed by atoms with E-state index in [-0.39, 0.29) is 16.7 Å². The number of anilines is 3. The Morgan fingerprint density at radius 3 is 2.15 bits per heavy atom. The minimum absolute atomic E-state index is 0.147. The Labute approximate surface area is 198 Å². The van der Waals surface area contributed by atoms with Gasteiger partial charge in [-0.25, -0.2) is 8.42 Å². The van der Waals surface area contributed by atoms with Gasteiger partial charge in [-0.05, 0) is 67.9 Å². The zero-order chi connectivity index (χ0) is 24.0. The highest BCUT2D eigenvalue weighted by molar-refractivity contribution is 8.00. The predicted molar refractivity (Wildman–Crippen MR) is 133 cm³/mol. The number of rotatable bonds is 8. The molecular formula is C24H25N3O4S2. The summed E-state index contributed by atoms with van der Waals surface area (Å²) in [4.78, 5) is 24.9. The molecule has 0 heterocycles. The van der Waals surface area contributed by atoms with Crippen molar-refractivity contribution in [2.45, 2.75) is 35.8 Å². The van der Waals surface area contributed by atoms with Crippen molar-refractivity contribution in [1.29, 1.82) is 0 Å². The molecule has 0 aliphatic rings. The first kappa shape index (κ1) is 24.3. The maximum atomic E-state index is 12.7. The van der Waals surface area contributed by atoms with Gasteiger partial charge in [-0.3, -0.25) is 14.3 Å². The third-order valence-electron chi connectivity index (χ3n) is 4.66. The zero-order valence-electron chi connectivity index (χ0n) is 18.5. The SMILES string of the molecule is CC(=O)Nc1ccc(SC(C)C(=O)Nc2ccc(C)c(NS(=O)(=O)c3ccccc3)c2)cc1. The number of carbonyl (C=O) groups excluding carboxylic acids is 2. The number of amides is 2. The van der Waals surface area contributed by atoms with E-state index >= 15 is 0 Å². The van der Waals surface area contributed by atoms with Crippen molar-refractivity contribution in [3.05, 3.63) is 78.4 Å². The number of carbonyl (C=O) groups is 2. The van der Waals surface area contributed by atoms with Crippen LogP contribution in [0.4, 0.5) is 17.1 Å². The number of nitrogens with one attached hydrogen (secondary N) is 3. The van der Waals surface area contributed by atoms with E-state index in [0.717, 1.165) is 10.5 Å². The highest BCUT2D eigenvalue weighted by Crippen LogP contribution is 2.27. The van der Waals surface area contributed by atoms with Gasteiger partial charge in [0.1, 0.15) is 0 Å². The van der Waals surface area contributed by atoms with Gasteiger partial charge in [-0.15, -0.1) is 11.8 Å². The van der Waals surface area contributed by atoms with Crippen LogP contribution in [-0.4, -0.2) is 25.5 Å². The van der Waals surface area contributed by atoms with Crippen molar-refractivity contribution in [3.8, 4) is 0 Å². The standard InChI is InChI=1S/C24H25N3O4S2/c1-16-9-10-20(15-23(16)27-33(30,31)22-7-5-4-6-8-22)26-24(29)17(2)32-21-13-11-19(12-14-21)25-18(3)28/h4-15,17,27H,1-3H3,(H,25,28)(H,26,29). The molecule has 1 unspecified atom stereocenters. The maximum absolute atomic E-state index is 12.7. The number of hydrogen-bond acceptors (Lipinski definition) is 5. The highest BCUT2D eigenvalue weighted by Gasteiger charge is 2.17. The molecule has 172 valence electrons. The number of benzene rings is 3. The fourth-order valence-corrected chi connectivity index (χ4v) is 4.94. The Balaban J connectivity index is 1.66. The predicted octanol–water partition coefficient (Wildman–Crippen LogP) is 4.87. The molecule has 3 rings (SSSR count). The summed E-state index contributed by atoms with van der Waals surface area (Å²) in [5.74, 6) is -0.363. The molecule has 33 heavy (non-hydrogen) atoms. The van der Waals surface area contributed by atoms with Crippen molar-refractivity contribution in [2.24, 2.45) is 0 Å². The number of hydrogen-bond donors (Lipinski definition) is 3. The topological polar surface area (TPSA) is 104 Å². The van der Waals surface area contributed by atoms with Crippen LogP contribution in [0.15, 0.2) is 82.6 Å². The second-order valence-corrected chi connectivity index (χ2v) is 10.5. The molecule has 3 aromatic carbocycles. The molecule has 0 aliphatic carbocycles. The van der Waals surface area contributed by atoms with Crippen molar-refractivity contribution in [3.63, 3.8) is 0 Å². The van der Waals surface area contributed by atoms with Gasteiger partial charge in [-0.2, -0.15) is 0 Å². The van der Waals surface area contributed by atoms with Crippen LogP contribution in [-0.2, 0) is 19.6 Å². The fourth-order valence-electron chi connectivity index (χ4n) is 2.93. The fraction of sp³-hybridized carbons (Fsp3) is 0.167. The molecule has 0 fully saturated rings. The summed E-state index contributed by atoms with van der Waals surface area (Å²) < 4.78 is 27.9. The minimum atomic E-state index is -3.74. The van der Waals surface area contributed by atoms with E-state index < -0.39 is 15.3 Å². The lowest BCUT2D eigenvalue weighted by atomic mass is 10.2. The number of aryl methyl sites for hydroxylation is 1. The lowest BCUT2D eigenvalue weighted by molar-refractivity contribution is -0.115. The summed E-state index contributed by atoms with van der Waals surface area (Å²) in [5.41, 5.74) is 2.30. The van der Waals surface area contributed by atoms with Crippen LogP contribution in [0.1, 0.15) is 19.4 Å². The molecular weight excluding hydrogens is 458 g/mol. The summed E-state index contributed by atoms with van der Waals surface area (Å²) >= 11 is 1.38. The molecule has 3 aromatic rings. The van der Waals surface area contributed by atoms with Gasteiger partial charge in [0.15, 0.2) is 0 Å². The lowest BCUT2D eigenvalue weighted by Crippen LogP contribution is -2.22. The Morgan fingerprint density at radius 2 is 1.52 bits per heavy atom. The van der Waals surface area contributed by atoms with Gasteiger partial charge in [0.2, 0.25) is 11.8 Å². The third kappa shape index (κ3) is 6.84. The molecule has 0 spiro atoms. The van der Waals surface area contributed by atoms with Gasteiger partial charge in [-0.1, -0.05) is 24.3 Å². The molecule has 0 saturated heterocycles. The van der Waals surface area contributed by atoms with Crippen LogP contribution < -0.4 is 15.4 Å². The minimum Gasteiger partial charge on any atom is -0.326 e. The summed E-state index contributed by atoms with van der Waals surface area (Å²) in [6.07, 6.45) is 0. The van der Waals surface area contributed by atoms with Crippen LogP contribution >= 0.6 is 11.8 Å². The first-order valence-corrected chi connectivity index (χ1v) is 12.5. The van der Waals surface area contributed by atoms with Crippen LogP contribution in [0.2, 0.25) is 0 Å². The van der Waals surface area contributed by atoms with E-state index in [4.69, 9.17) is 0 Å². The Kier molecular flexibility index (Phi) is 7.78. The van der Waals surface area contributed by atoms with Crippen molar-refractivity contribution >= 4 is 50.7 Å². The monoisotopic (exact) mass is 483 g/mol. The Bertz CT molecular complexity index is 1240. The first-order valence-electron chi connectivity index (χ1n) is 10.2. The largest absolute Gasteiger partial charge is 0.326 e. The summed E-state index contributed by atoms with van der Waals surface area (Å²) in [5, 5.41) is 5.14. The molecule has 3 N–H and O–H groups in total. The van der Waals surface area contributed by atoms with Crippen LogP contribution in [0.5, 0.6) is 0 Å². The van der Waals surface area contributed by atoms with E-state index in [1.807, 2.05) is 12.1 Å². The summed E-state index contributed by atoms with van der Waals surface area (Å²) in [6, 6.07) is 20.4. The smallest absolute Gasteiger partial charge is 0.261 e. The Hall–Kier alpha value is -3.30. The lowest BCUT2D eigenvalue weighted by Gasteiger charge is -2.15. The second-order valence-electron chi connectivity index (χ2n) is 7.40. The summed E-state index contributed by atoms with van der Waals surface area (Å²) in [7, 11) is -3.74. The molecule has 7 nitrogen and oxygen atoms in total. The number of sulfonamides is 1. The maximum Gasteiger partial charge on any atom is 0.261 e. The molecule has 0 bridgehead atoms.